The van der Waals surface area contributed by atoms with E-state index in [1.807, 2.05) is 42.5 Å². The van der Waals surface area contributed by atoms with Crippen LogP contribution in [-0.4, -0.2) is 14.9 Å². The molecule has 1 N–H and O–H groups in total. The molecule has 0 saturated heterocycles. The van der Waals surface area contributed by atoms with Crippen LogP contribution in [0.1, 0.15) is 0 Å². The molecule has 0 aliphatic rings. The van der Waals surface area contributed by atoms with Crippen molar-refractivity contribution in [1.82, 2.24) is 9.97 Å². The molecular weight excluding hydrogens is 431 g/mol. The Labute approximate surface area is 186 Å². The lowest BCUT2D eigenvalue weighted by Crippen LogP contribution is -2.00. The maximum Gasteiger partial charge on any atom is 0.270 e. The van der Waals surface area contributed by atoms with Crippen LogP contribution in [0.4, 0.5) is 21.6 Å². The van der Waals surface area contributed by atoms with Crippen molar-refractivity contribution >= 4 is 50.5 Å². The summed E-state index contributed by atoms with van der Waals surface area (Å²) in [6.07, 6.45) is 0. The van der Waals surface area contributed by atoms with Gasteiger partial charge in [0.25, 0.3) is 5.69 Å². The SMILES string of the molecule is O=[N+]([O-])c1ccc2nc(-c3ccc4ccccc4c3)nc(Nc3ccc(F)c(Cl)c3)c2c1. The van der Waals surface area contributed by atoms with Crippen LogP contribution in [0.25, 0.3) is 33.1 Å². The third-order valence-electron chi connectivity index (χ3n) is 5.08. The number of halogens is 2. The minimum atomic E-state index is -0.544. The summed E-state index contributed by atoms with van der Waals surface area (Å²) in [6.45, 7) is 0. The summed E-state index contributed by atoms with van der Waals surface area (Å²) >= 11 is 5.91. The maximum atomic E-state index is 13.6. The minimum absolute atomic E-state index is 0.0471. The summed E-state index contributed by atoms with van der Waals surface area (Å²) in [4.78, 5) is 20.1. The van der Waals surface area contributed by atoms with E-state index < -0.39 is 10.7 Å². The Morgan fingerprint density at radius 1 is 0.906 bits per heavy atom. The first-order chi connectivity index (χ1) is 15.5. The van der Waals surface area contributed by atoms with Crippen molar-refractivity contribution in [3.05, 3.63) is 99.8 Å². The normalized spacial score (nSPS) is 11.1. The second-order valence-corrected chi connectivity index (χ2v) is 7.58. The van der Waals surface area contributed by atoms with Crippen LogP contribution in [0.2, 0.25) is 5.02 Å². The average molecular weight is 445 g/mol. The first-order valence-electron chi connectivity index (χ1n) is 9.65. The van der Waals surface area contributed by atoms with Gasteiger partial charge < -0.3 is 5.32 Å². The molecule has 4 aromatic carbocycles. The van der Waals surface area contributed by atoms with E-state index in [0.717, 1.165) is 16.3 Å². The van der Waals surface area contributed by atoms with Crippen LogP contribution in [0.3, 0.4) is 0 Å². The Balaban J connectivity index is 1.69. The number of benzene rings is 4. The molecule has 0 radical (unpaired) electrons. The molecule has 0 amide bonds. The van der Waals surface area contributed by atoms with Crippen molar-refractivity contribution in [3.63, 3.8) is 0 Å². The van der Waals surface area contributed by atoms with Crippen LogP contribution in [0, 0.1) is 15.9 Å². The summed E-state index contributed by atoms with van der Waals surface area (Å²) < 4.78 is 13.6. The predicted molar refractivity (Wildman–Crippen MR) is 124 cm³/mol. The third kappa shape index (κ3) is 3.70. The van der Waals surface area contributed by atoms with E-state index >= 15 is 0 Å². The van der Waals surface area contributed by atoms with Crippen molar-refractivity contribution in [2.45, 2.75) is 0 Å². The highest BCUT2D eigenvalue weighted by atomic mass is 35.5. The fourth-order valence-electron chi connectivity index (χ4n) is 3.49. The number of anilines is 2. The molecule has 0 aliphatic heterocycles. The Morgan fingerprint density at radius 2 is 1.72 bits per heavy atom. The van der Waals surface area contributed by atoms with E-state index in [4.69, 9.17) is 11.6 Å². The third-order valence-corrected chi connectivity index (χ3v) is 5.37. The lowest BCUT2D eigenvalue weighted by molar-refractivity contribution is -0.384. The highest BCUT2D eigenvalue weighted by Gasteiger charge is 2.15. The Bertz CT molecular complexity index is 1520. The Kier molecular flexibility index (Phi) is 4.88. The number of nitrogens with zero attached hydrogens (tertiary/aromatic N) is 3. The van der Waals surface area contributed by atoms with Crippen molar-refractivity contribution < 1.29 is 9.31 Å². The van der Waals surface area contributed by atoms with Crippen molar-refractivity contribution in [3.8, 4) is 11.4 Å². The minimum Gasteiger partial charge on any atom is -0.340 e. The zero-order valence-corrected chi connectivity index (χ0v) is 17.2. The lowest BCUT2D eigenvalue weighted by Gasteiger charge is -2.12. The summed E-state index contributed by atoms with van der Waals surface area (Å²) in [5.74, 6) is 0.259. The number of nitrogens with one attached hydrogen (secondary N) is 1. The van der Waals surface area contributed by atoms with Crippen molar-refractivity contribution in [1.29, 1.82) is 0 Å². The topological polar surface area (TPSA) is 81.0 Å². The zero-order chi connectivity index (χ0) is 22.2. The molecule has 8 heteroatoms. The second kappa shape index (κ2) is 7.86. The van der Waals surface area contributed by atoms with Gasteiger partial charge in [-0.15, -0.1) is 0 Å². The maximum absolute atomic E-state index is 13.6. The molecule has 1 aromatic heterocycles. The predicted octanol–water partition coefficient (Wildman–Crippen LogP) is 6.89. The second-order valence-electron chi connectivity index (χ2n) is 7.17. The summed E-state index contributed by atoms with van der Waals surface area (Å²) in [5.41, 5.74) is 1.74. The quantitative estimate of drug-likeness (QED) is 0.241. The standard InChI is InChI=1S/C24H14ClFN4O2/c25-20-12-17(7-9-21(20)26)27-24-19-13-18(30(31)32)8-10-22(19)28-23(29-24)16-6-5-14-3-1-2-4-15(14)11-16/h1-13H,(H,27,28,29). The van der Waals surface area contributed by atoms with Gasteiger partial charge in [0.15, 0.2) is 5.82 Å². The molecule has 6 nitrogen and oxygen atoms in total. The number of nitro groups is 1. The summed E-state index contributed by atoms with van der Waals surface area (Å²) in [6, 6.07) is 22.4. The van der Waals surface area contributed by atoms with Gasteiger partial charge in [-0.25, -0.2) is 14.4 Å². The number of rotatable bonds is 4. The summed E-state index contributed by atoms with van der Waals surface area (Å²) in [7, 11) is 0. The van der Waals surface area contributed by atoms with Gasteiger partial charge in [-0.3, -0.25) is 10.1 Å². The van der Waals surface area contributed by atoms with Crippen LogP contribution in [0.15, 0.2) is 78.9 Å². The van der Waals surface area contributed by atoms with Crippen LogP contribution in [0.5, 0.6) is 0 Å². The molecule has 32 heavy (non-hydrogen) atoms. The van der Waals surface area contributed by atoms with Gasteiger partial charge in [0.05, 0.1) is 15.5 Å². The van der Waals surface area contributed by atoms with Gasteiger partial charge in [-0.05, 0) is 41.1 Å². The number of nitro benzene ring substituents is 1. The first kappa shape index (κ1) is 19.8. The van der Waals surface area contributed by atoms with E-state index in [0.29, 0.717) is 28.2 Å². The van der Waals surface area contributed by atoms with Crippen LogP contribution in [-0.2, 0) is 0 Å². The smallest absolute Gasteiger partial charge is 0.270 e. The first-order valence-corrected chi connectivity index (χ1v) is 10.0. The van der Waals surface area contributed by atoms with Gasteiger partial charge in [0, 0.05) is 28.8 Å². The number of aromatic nitrogens is 2. The fraction of sp³-hybridized carbons (Fsp3) is 0. The Hall–Kier alpha value is -4.10. The molecule has 156 valence electrons. The molecule has 0 unspecified atom stereocenters. The zero-order valence-electron chi connectivity index (χ0n) is 16.4. The van der Waals surface area contributed by atoms with Gasteiger partial charge in [-0.2, -0.15) is 0 Å². The highest BCUT2D eigenvalue weighted by molar-refractivity contribution is 6.31. The van der Waals surface area contributed by atoms with Gasteiger partial charge in [-0.1, -0.05) is 48.0 Å². The molecule has 0 fully saturated rings. The van der Waals surface area contributed by atoms with Gasteiger partial charge in [0.2, 0.25) is 0 Å². The van der Waals surface area contributed by atoms with Crippen LogP contribution < -0.4 is 5.32 Å². The van der Waals surface area contributed by atoms with Crippen molar-refractivity contribution in [2.75, 3.05) is 5.32 Å². The average Bonchev–Trinajstić information content (AvgIpc) is 2.80. The molecule has 0 bridgehead atoms. The Morgan fingerprint density at radius 3 is 2.50 bits per heavy atom. The number of hydrogen-bond acceptors (Lipinski definition) is 5. The fourth-order valence-corrected chi connectivity index (χ4v) is 3.67. The van der Waals surface area contributed by atoms with Gasteiger partial charge >= 0.3 is 0 Å². The molecule has 5 aromatic rings. The highest BCUT2D eigenvalue weighted by Crippen LogP contribution is 2.32. The number of non-ortho nitro benzene ring substituents is 1. The van der Waals surface area contributed by atoms with E-state index in [-0.39, 0.29) is 10.7 Å². The molecule has 5 rings (SSSR count). The lowest BCUT2D eigenvalue weighted by atomic mass is 10.1. The molecule has 0 aliphatic carbocycles. The van der Waals surface area contributed by atoms with E-state index in [9.17, 15) is 14.5 Å². The van der Waals surface area contributed by atoms with E-state index in [1.165, 1.54) is 30.3 Å². The molecule has 0 saturated carbocycles. The van der Waals surface area contributed by atoms with E-state index in [2.05, 4.69) is 15.3 Å². The summed E-state index contributed by atoms with van der Waals surface area (Å²) in [5, 5.41) is 16.9. The molecule has 1 heterocycles. The van der Waals surface area contributed by atoms with E-state index in [1.54, 1.807) is 6.07 Å². The number of hydrogen-bond donors (Lipinski definition) is 1. The van der Waals surface area contributed by atoms with Crippen LogP contribution >= 0.6 is 11.6 Å². The molecule has 0 spiro atoms. The monoisotopic (exact) mass is 444 g/mol. The molecule has 0 atom stereocenters. The number of fused-ring (bicyclic) bond motifs is 2. The molecular formula is C24H14ClFN4O2. The van der Waals surface area contributed by atoms with Crippen molar-refractivity contribution in [2.24, 2.45) is 0 Å². The largest absolute Gasteiger partial charge is 0.340 e. The van der Waals surface area contributed by atoms with Gasteiger partial charge in [0.1, 0.15) is 11.6 Å².